The zero-order valence-corrected chi connectivity index (χ0v) is 17.0. The Kier molecular flexibility index (Phi) is 4.84. The smallest absolute Gasteiger partial charge is 0.271 e. The molecule has 28 heavy (non-hydrogen) atoms. The van der Waals surface area contributed by atoms with Crippen LogP contribution in [0.2, 0.25) is 0 Å². The summed E-state index contributed by atoms with van der Waals surface area (Å²) in [7, 11) is 0. The summed E-state index contributed by atoms with van der Waals surface area (Å²) in [5.41, 5.74) is 6.91. The van der Waals surface area contributed by atoms with Crippen LogP contribution in [0.5, 0.6) is 0 Å². The lowest BCUT2D eigenvalue weighted by molar-refractivity contribution is 0.0724. The van der Waals surface area contributed by atoms with Crippen molar-refractivity contribution in [3.8, 4) is 0 Å². The number of amides is 1. The van der Waals surface area contributed by atoms with Crippen LogP contribution in [0, 0.1) is 6.92 Å². The van der Waals surface area contributed by atoms with Crippen molar-refractivity contribution in [1.29, 1.82) is 0 Å². The highest BCUT2D eigenvalue weighted by molar-refractivity contribution is 6.02. The Morgan fingerprint density at radius 1 is 1.18 bits per heavy atom. The molecule has 2 heterocycles. The number of hydrogen-bond donors (Lipinski definition) is 0. The van der Waals surface area contributed by atoms with E-state index in [0.717, 1.165) is 29.7 Å². The van der Waals surface area contributed by atoms with Gasteiger partial charge in [0.2, 0.25) is 0 Å². The molecular formula is C25H28N2O. The molecule has 0 saturated carbocycles. The molecule has 3 heteroatoms. The first-order valence-electron chi connectivity index (χ1n) is 10.1. The van der Waals surface area contributed by atoms with Crippen molar-refractivity contribution in [1.82, 2.24) is 9.47 Å². The van der Waals surface area contributed by atoms with Gasteiger partial charge in [-0.05, 0) is 53.6 Å². The van der Waals surface area contributed by atoms with Gasteiger partial charge in [0, 0.05) is 30.5 Å². The maximum atomic E-state index is 13.6. The fraction of sp³-hybridized carbons (Fsp3) is 0.320. The van der Waals surface area contributed by atoms with Crippen LogP contribution in [0.25, 0.3) is 10.9 Å². The fourth-order valence-electron chi connectivity index (χ4n) is 4.31. The molecule has 0 fully saturated rings. The van der Waals surface area contributed by atoms with Crippen molar-refractivity contribution in [2.45, 2.75) is 46.2 Å². The number of allylic oxidation sites excluding steroid dienone is 1. The Morgan fingerprint density at radius 2 is 1.93 bits per heavy atom. The standard InChI is InChI=1S/C25H28N2O/c1-5-13-27-23-11-10-20(17(2)3)15-22(23)18(4)24(27)25(28)26-14-12-19-8-6-7-9-21(19)16-26/h5-11,15,17H,1,12-14,16H2,2-4H3. The lowest BCUT2D eigenvalue weighted by Gasteiger charge is -2.29. The normalized spacial score (nSPS) is 13.8. The van der Waals surface area contributed by atoms with Crippen molar-refractivity contribution in [2.75, 3.05) is 6.54 Å². The van der Waals surface area contributed by atoms with Crippen LogP contribution in [-0.2, 0) is 19.5 Å². The average Bonchev–Trinajstić information content (AvgIpc) is 2.98. The van der Waals surface area contributed by atoms with Gasteiger partial charge in [-0.1, -0.05) is 50.3 Å². The molecule has 3 nitrogen and oxygen atoms in total. The number of aromatic nitrogens is 1. The topological polar surface area (TPSA) is 25.2 Å². The molecule has 0 aliphatic carbocycles. The first kappa shape index (κ1) is 18.5. The highest BCUT2D eigenvalue weighted by atomic mass is 16.2. The van der Waals surface area contributed by atoms with Gasteiger partial charge in [-0.3, -0.25) is 4.79 Å². The third-order valence-corrected chi connectivity index (χ3v) is 5.94. The molecule has 0 N–H and O–H groups in total. The highest BCUT2D eigenvalue weighted by Crippen LogP contribution is 2.31. The molecular weight excluding hydrogens is 344 g/mol. The third-order valence-electron chi connectivity index (χ3n) is 5.94. The summed E-state index contributed by atoms with van der Waals surface area (Å²) < 4.78 is 2.13. The zero-order chi connectivity index (χ0) is 19.8. The van der Waals surface area contributed by atoms with Crippen LogP contribution in [0.3, 0.4) is 0 Å². The number of hydrogen-bond acceptors (Lipinski definition) is 1. The highest BCUT2D eigenvalue weighted by Gasteiger charge is 2.27. The maximum absolute atomic E-state index is 13.6. The minimum atomic E-state index is 0.121. The second kappa shape index (κ2) is 7.31. The van der Waals surface area contributed by atoms with Gasteiger partial charge < -0.3 is 9.47 Å². The van der Waals surface area contributed by atoms with E-state index in [1.165, 1.54) is 22.1 Å². The van der Waals surface area contributed by atoms with E-state index in [-0.39, 0.29) is 5.91 Å². The number of rotatable bonds is 4. The van der Waals surface area contributed by atoms with E-state index in [2.05, 4.69) is 74.4 Å². The Hall–Kier alpha value is -2.81. The van der Waals surface area contributed by atoms with Gasteiger partial charge in [0.1, 0.15) is 5.69 Å². The molecule has 0 saturated heterocycles. The summed E-state index contributed by atoms with van der Waals surface area (Å²) in [6.07, 6.45) is 2.79. The summed E-state index contributed by atoms with van der Waals surface area (Å²) in [5, 5.41) is 1.17. The third kappa shape index (κ3) is 3.05. The van der Waals surface area contributed by atoms with Crippen LogP contribution < -0.4 is 0 Å². The average molecular weight is 373 g/mol. The van der Waals surface area contributed by atoms with Crippen molar-refractivity contribution < 1.29 is 4.79 Å². The van der Waals surface area contributed by atoms with Gasteiger partial charge in [-0.2, -0.15) is 0 Å². The van der Waals surface area contributed by atoms with Crippen LogP contribution in [0.4, 0.5) is 0 Å². The van der Waals surface area contributed by atoms with Crippen molar-refractivity contribution >= 4 is 16.8 Å². The van der Waals surface area contributed by atoms with Gasteiger partial charge in [-0.25, -0.2) is 0 Å². The minimum absolute atomic E-state index is 0.121. The van der Waals surface area contributed by atoms with Gasteiger partial charge >= 0.3 is 0 Å². The summed E-state index contributed by atoms with van der Waals surface area (Å²) >= 11 is 0. The van der Waals surface area contributed by atoms with E-state index >= 15 is 0 Å². The fourth-order valence-corrected chi connectivity index (χ4v) is 4.31. The van der Waals surface area contributed by atoms with Crippen LogP contribution in [0.1, 0.15) is 52.5 Å². The SMILES string of the molecule is C=CCn1c(C(=O)N2CCc3ccccc3C2)c(C)c2cc(C(C)C)ccc21. The monoisotopic (exact) mass is 372 g/mol. The molecule has 0 spiro atoms. The number of carbonyl (C=O) groups excluding carboxylic acids is 1. The van der Waals surface area contributed by atoms with E-state index in [1.807, 2.05) is 11.0 Å². The van der Waals surface area contributed by atoms with E-state index in [0.29, 0.717) is 19.0 Å². The molecule has 1 aliphatic heterocycles. The number of fused-ring (bicyclic) bond motifs is 2. The van der Waals surface area contributed by atoms with Crippen LogP contribution in [-0.4, -0.2) is 21.9 Å². The Labute approximate surface area is 167 Å². The Bertz CT molecular complexity index is 1060. The van der Waals surface area contributed by atoms with E-state index in [9.17, 15) is 4.79 Å². The second-order valence-electron chi connectivity index (χ2n) is 8.05. The molecule has 144 valence electrons. The van der Waals surface area contributed by atoms with Gasteiger partial charge in [-0.15, -0.1) is 6.58 Å². The number of aryl methyl sites for hydroxylation is 1. The lowest BCUT2D eigenvalue weighted by atomic mass is 9.99. The molecule has 1 aliphatic rings. The van der Waals surface area contributed by atoms with Crippen molar-refractivity contribution in [3.05, 3.63) is 83.1 Å². The predicted octanol–water partition coefficient (Wildman–Crippen LogP) is 5.46. The van der Waals surface area contributed by atoms with Crippen LogP contribution in [0.15, 0.2) is 55.1 Å². The summed E-state index contributed by atoms with van der Waals surface area (Å²) in [5.74, 6) is 0.584. The van der Waals surface area contributed by atoms with Gasteiger partial charge in [0.15, 0.2) is 0 Å². The Morgan fingerprint density at radius 3 is 2.64 bits per heavy atom. The molecule has 1 amide bonds. The minimum Gasteiger partial charge on any atom is -0.333 e. The van der Waals surface area contributed by atoms with Crippen LogP contribution >= 0.6 is 0 Å². The molecule has 4 rings (SSSR count). The number of benzene rings is 2. The molecule has 0 radical (unpaired) electrons. The van der Waals surface area contributed by atoms with Crippen molar-refractivity contribution in [3.63, 3.8) is 0 Å². The predicted molar refractivity (Wildman–Crippen MR) is 116 cm³/mol. The molecule has 0 unspecified atom stereocenters. The van der Waals surface area contributed by atoms with Gasteiger partial charge in [0.05, 0.1) is 0 Å². The first-order valence-corrected chi connectivity index (χ1v) is 10.1. The lowest BCUT2D eigenvalue weighted by Crippen LogP contribution is -2.37. The number of carbonyl (C=O) groups is 1. The molecule has 1 aromatic heterocycles. The largest absolute Gasteiger partial charge is 0.333 e. The van der Waals surface area contributed by atoms with E-state index in [4.69, 9.17) is 0 Å². The molecule has 0 bridgehead atoms. The molecule has 0 atom stereocenters. The molecule has 3 aromatic rings. The zero-order valence-electron chi connectivity index (χ0n) is 17.0. The summed E-state index contributed by atoms with van der Waals surface area (Å²) in [6, 6.07) is 15.0. The van der Waals surface area contributed by atoms with Crippen molar-refractivity contribution in [2.24, 2.45) is 0 Å². The first-order chi connectivity index (χ1) is 13.5. The second-order valence-corrected chi connectivity index (χ2v) is 8.05. The van der Waals surface area contributed by atoms with E-state index < -0.39 is 0 Å². The van der Waals surface area contributed by atoms with E-state index in [1.54, 1.807) is 0 Å². The number of nitrogens with zero attached hydrogens (tertiary/aromatic N) is 2. The quantitative estimate of drug-likeness (QED) is 0.559. The molecule has 2 aromatic carbocycles. The summed E-state index contributed by atoms with van der Waals surface area (Å²) in [4.78, 5) is 15.6. The Balaban J connectivity index is 1.79. The maximum Gasteiger partial charge on any atom is 0.271 e. The van der Waals surface area contributed by atoms with Gasteiger partial charge in [0.25, 0.3) is 5.91 Å². The summed E-state index contributed by atoms with van der Waals surface area (Å²) in [6.45, 7) is 12.5.